The van der Waals surface area contributed by atoms with Gasteiger partial charge in [0.25, 0.3) is 0 Å². The first-order valence-corrected chi connectivity index (χ1v) is 9.77. The van der Waals surface area contributed by atoms with Gasteiger partial charge in [-0.05, 0) is 0 Å². The van der Waals surface area contributed by atoms with Crippen molar-refractivity contribution in [1.82, 2.24) is 0 Å². The summed E-state index contributed by atoms with van der Waals surface area (Å²) < 4.78 is 3.66. The molecule has 0 aromatic carbocycles. The smallest absolute Gasteiger partial charge is 1.00 e. The molecule has 1 heterocycles. The summed E-state index contributed by atoms with van der Waals surface area (Å²) >= 11 is -0.176. The molecule has 0 saturated carbocycles. The predicted molar refractivity (Wildman–Crippen MR) is 87.6 cm³/mol. The maximum Gasteiger partial charge on any atom is -1.00 e. The van der Waals surface area contributed by atoms with E-state index in [1.54, 1.807) is 33.4 Å². The molecule has 0 N–H and O–H groups in total. The summed E-state index contributed by atoms with van der Waals surface area (Å²) in [6.45, 7) is 19.3. The molecule has 0 radical (unpaired) electrons. The molecule has 1 saturated heterocycles. The normalized spacial score (nSPS) is 32.7. The Morgan fingerprint density at radius 2 is 0.913 bits per heavy atom. The zero-order valence-electron chi connectivity index (χ0n) is 15.7. The molecule has 2 aliphatic carbocycles. The predicted octanol–water partition coefficient (Wildman–Crippen LogP) is 0.131. The summed E-state index contributed by atoms with van der Waals surface area (Å²) in [7, 11) is 0. The molecular formula is C20H28Cl2Ti. The van der Waals surface area contributed by atoms with Gasteiger partial charge in [-0.15, -0.1) is 0 Å². The SMILES string of the molecule is CC1=C(C)C2(C)CCC3(C)C(C)=C(C)C(C)=[C]3[Ti+2][C]2=C1C.[Cl-].[Cl-]. The van der Waals surface area contributed by atoms with Crippen LogP contribution in [0.4, 0.5) is 0 Å². The van der Waals surface area contributed by atoms with Crippen molar-refractivity contribution in [3.63, 3.8) is 0 Å². The Morgan fingerprint density at radius 3 is 1.22 bits per heavy atom. The number of hydrogen-bond donors (Lipinski definition) is 0. The van der Waals surface area contributed by atoms with Crippen LogP contribution in [0.15, 0.2) is 41.2 Å². The van der Waals surface area contributed by atoms with Crippen LogP contribution in [0.3, 0.4) is 0 Å². The van der Waals surface area contributed by atoms with Gasteiger partial charge < -0.3 is 24.8 Å². The summed E-state index contributed by atoms with van der Waals surface area (Å²) in [6.07, 6.45) is 2.65. The third-order valence-electron chi connectivity index (χ3n) is 7.13. The quantitative estimate of drug-likeness (QED) is 0.519. The van der Waals surface area contributed by atoms with Crippen molar-refractivity contribution in [1.29, 1.82) is 0 Å². The summed E-state index contributed by atoms with van der Waals surface area (Å²) in [5, 5.41) is 0. The second-order valence-electron chi connectivity index (χ2n) is 7.79. The van der Waals surface area contributed by atoms with Gasteiger partial charge in [0.15, 0.2) is 0 Å². The van der Waals surface area contributed by atoms with Crippen LogP contribution < -0.4 is 24.8 Å². The van der Waals surface area contributed by atoms with Gasteiger partial charge in [0.05, 0.1) is 0 Å². The Hall–Kier alpha value is 0.254. The van der Waals surface area contributed by atoms with Gasteiger partial charge in [-0.2, -0.15) is 0 Å². The van der Waals surface area contributed by atoms with E-state index in [0.29, 0.717) is 10.8 Å². The second kappa shape index (κ2) is 6.52. The van der Waals surface area contributed by atoms with Crippen molar-refractivity contribution in [3.8, 4) is 0 Å². The summed E-state index contributed by atoms with van der Waals surface area (Å²) in [5.41, 5.74) is 10.4. The fourth-order valence-electron chi connectivity index (χ4n) is 4.68. The van der Waals surface area contributed by atoms with Gasteiger partial charge in [0.2, 0.25) is 0 Å². The van der Waals surface area contributed by atoms with E-state index in [1.165, 1.54) is 12.8 Å². The minimum absolute atomic E-state index is 0. The van der Waals surface area contributed by atoms with E-state index in [4.69, 9.17) is 0 Å². The Kier molecular flexibility index (Phi) is 6.04. The molecule has 1 aliphatic heterocycles. The molecule has 0 amide bonds. The summed E-state index contributed by atoms with van der Waals surface area (Å²) in [4.78, 5) is 0. The van der Waals surface area contributed by atoms with Crippen molar-refractivity contribution in [3.05, 3.63) is 41.2 Å². The van der Waals surface area contributed by atoms with Crippen molar-refractivity contribution in [2.24, 2.45) is 10.8 Å². The van der Waals surface area contributed by atoms with Crippen molar-refractivity contribution >= 4 is 0 Å². The third-order valence-corrected chi connectivity index (χ3v) is 10.8. The molecular weight excluding hydrogens is 359 g/mol. The Morgan fingerprint density at radius 1 is 0.609 bits per heavy atom. The second-order valence-corrected chi connectivity index (χ2v) is 9.74. The molecule has 0 aromatic rings. The van der Waals surface area contributed by atoms with Crippen LogP contribution in [-0.2, 0) is 19.2 Å². The van der Waals surface area contributed by atoms with Gasteiger partial charge >= 0.3 is 139 Å². The van der Waals surface area contributed by atoms with E-state index < -0.39 is 0 Å². The fraction of sp³-hybridized carbons (Fsp3) is 0.600. The van der Waals surface area contributed by atoms with E-state index in [9.17, 15) is 0 Å². The van der Waals surface area contributed by atoms with Gasteiger partial charge in [-0.1, -0.05) is 0 Å². The molecule has 2 unspecified atom stereocenters. The average molecular weight is 387 g/mol. The summed E-state index contributed by atoms with van der Waals surface area (Å²) in [6, 6.07) is 0. The van der Waals surface area contributed by atoms with Crippen LogP contribution in [-0.4, -0.2) is 0 Å². The number of rotatable bonds is 0. The molecule has 3 rings (SSSR count). The first-order chi connectivity index (χ1) is 9.64. The number of fused-ring (bicyclic) bond motifs is 2. The van der Waals surface area contributed by atoms with Crippen molar-refractivity contribution < 1.29 is 44.0 Å². The first kappa shape index (κ1) is 21.3. The van der Waals surface area contributed by atoms with Crippen LogP contribution in [0.5, 0.6) is 0 Å². The van der Waals surface area contributed by atoms with E-state index in [0.717, 1.165) is 0 Å². The Bertz CT molecular complexity index is 620. The van der Waals surface area contributed by atoms with E-state index in [-0.39, 0.29) is 44.0 Å². The van der Waals surface area contributed by atoms with E-state index in [2.05, 4.69) is 55.4 Å². The van der Waals surface area contributed by atoms with Crippen LogP contribution in [0.2, 0.25) is 0 Å². The minimum atomic E-state index is -0.176. The Labute approximate surface area is 163 Å². The van der Waals surface area contributed by atoms with E-state index >= 15 is 0 Å². The van der Waals surface area contributed by atoms with Crippen LogP contribution in [0, 0.1) is 10.8 Å². The molecule has 3 heteroatoms. The molecule has 2 atom stereocenters. The summed E-state index contributed by atoms with van der Waals surface area (Å²) in [5.74, 6) is 0. The largest absolute Gasteiger partial charge is 1.00 e. The van der Waals surface area contributed by atoms with Crippen LogP contribution in [0.25, 0.3) is 0 Å². The molecule has 0 nitrogen and oxygen atoms in total. The topological polar surface area (TPSA) is 0 Å². The average Bonchev–Trinajstić information content (AvgIpc) is 2.66. The van der Waals surface area contributed by atoms with Gasteiger partial charge in [0, 0.05) is 0 Å². The van der Waals surface area contributed by atoms with Gasteiger partial charge in [-0.3, -0.25) is 0 Å². The zero-order valence-corrected chi connectivity index (χ0v) is 18.7. The van der Waals surface area contributed by atoms with Crippen LogP contribution >= 0.6 is 0 Å². The van der Waals surface area contributed by atoms with Crippen molar-refractivity contribution in [2.45, 2.75) is 68.2 Å². The van der Waals surface area contributed by atoms with Crippen LogP contribution in [0.1, 0.15) is 68.2 Å². The number of hydrogen-bond acceptors (Lipinski definition) is 0. The van der Waals surface area contributed by atoms with Gasteiger partial charge in [-0.25, -0.2) is 0 Å². The number of allylic oxidation sites excluding steroid dienone is 8. The standard InChI is InChI=1S/C20H28.2ClH.Ti/c1-13-11-19(7,17(5)15(13)3)9-10-20(8)12-14(2)16(4)18(20)6;;;/h9-10H2,1-8H3;2*1H;/q;;;+2/p-2. The maximum atomic E-state index is 2.52. The van der Waals surface area contributed by atoms with E-state index in [1.807, 2.05) is 7.76 Å². The molecule has 3 aliphatic rings. The first-order valence-electron chi connectivity index (χ1n) is 8.21. The van der Waals surface area contributed by atoms with Crippen molar-refractivity contribution in [2.75, 3.05) is 0 Å². The minimum Gasteiger partial charge on any atom is -1.00 e. The fourth-order valence-corrected chi connectivity index (χ4v) is 8.08. The monoisotopic (exact) mass is 386 g/mol. The molecule has 0 aromatic heterocycles. The molecule has 126 valence electrons. The number of halogens is 2. The molecule has 1 fully saturated rings. The maximum absolute atomic E-state index is 2.52. The Balaban J connectivity index is 0.00000132. The van der Waals surface area contributed by atoms with Gasteiger partial charge in [0.1, 0.15) is 0 Å². The zero-order chi connectivity index (χ0) is 15.7. The molecule has 23 heavy (non-hydrogen) atoms. The molecule has 0 bridgehead atoms. The third kappa shape index (κ3) is 2.60. The molecule has 0 spiro atoms.